The van der Waals surface area contributed by atoms with Crippen LogP contribution in [0.2, 0.25) is 0 Å². The van der Waals surface area contributed by atoms with Gasteiger partial charge < -0.3 is 15.4 Å². The molecule has 0 aliphatic carbocycles. The minimum absolute atomic E-state index is 0.185. The summed E-state index contributed by atoms with van der Waals surface area (Å²) in [6.07, 6.45) is 1.31. The Labute approximate surface area is 154 Å². The average molecular weight is 352 g/mol. The topological polar surface area (TPSA) is 72.8 Å². The maximum Gasteiger partial charge on any atom is 0.475 e. The van der Waals surface area contributed by atoms with E-state index < -0.39 is 13.1 Å². The molecule has 0 spiro atoms. The second-order valence-corrected chi connectivity index (χ2v) is 7.01. The van der Waals surface area contributed by atoms with Gasteiger partial charge in [0.05, 0.1) is 12.5 Å². The Morgan fingerprint density at radius 2 is 1.96 bits per heavy atom. The summed E-state index contributed by atoms with van der Waals surface area (Å²) < 4.78 is 0. The second kappa shape index (κ2) is 8.49. The molecule has 5 nitrogen and oxygen atoms in total. The van der Waals surface area contributed by atoms with Crippen molar-refractivity contribution in [2.75, 3.05) is 13.1 Å². The normalized spacial score (nSPS) is 15.2. The van der Waals surface area contributed by atoms with Gasteiger partial charge in [0.25, 0.3) is 0 Å². The average Bonchev–Trinajstić information content (AvgIpc) is 2.61. The number of carbonyl (C=O) groups excluding carboxylic acids is 1. The molecule has 3 N–H and O–H groups in total. The van der Waals surface area contributed by atoms with Crippen molar-refractivity contribution in [1.29, 1.82) is 0 Å². The molecule has 3 rings (SSSR count). The summed E-state index contributed by atoms with van der Waals surface area (Å²) in [5, 5.41) is 22.0. The van der Waals surface area contributed by atoms with Crippen molar-refractivity contribution in [3.8, 4) is 0 Å². The first kappa shape index (κ1) is 18.6. The first-order valence-electron chi connectivity index (χ1n) is 9.01. The van der Waals surface area contributed by atoms with Crippen LogP contribution >= 0.6 is 0 Å². The van der Waals surface area contributed by atoms with Gasteiger partial charge in [0, 0.05) is 13.1 Å². The molecule has 0 unspecified atom stereocenters. The SMILES string of the molecule is Cc1ccc2c(c1)CN(CC(=O)N[C@@H](Cc1ccccc1)B(O)O)CC2. The van der Waals surface area contributed by atoms with Gasteiger partial charge in [0.1, 0.15) is 0 Å². The van der Waals surface area contributed by atoms with E-state index in [4.69, 9.17) is 0 Å². The number of aryl methyl sites for hydroxylation is 1. The summed E-state index contributed by atoms with van der Waals surface area (Å²) in [6.45, 7) is 3.90. The van der Waals surface area contributed by atoms with Crippen LogP contribution < -0.4 is 5.32 Å². The molecule has 1 aliphatic heterocycles. The Hall–Kier alpha value is -2.15. The zero-order valence-electron chi connectivity index (χ0n) is 15.1. The molecule has 2 aromatic carbocycles. The van der Waals surface area contributed by atoms with E-state index in [1.54, 1.807) is 0 Å². The lowest BCUT2D eigenvalue weighted by Crippen LogP contribution is -2.51. The largest absolute Gasteiger partial charge is 0.475 e. The summed E-state index contributed by atoms with van der Waals surface area (Å²) in [4.78, 5) is 14.5. The van der Waals surface area contributed by atoms with Crippen molar-refractivity contribution in [3.05, 3.63) is 70.8 Å². The van der Waals surface area contributed by atoms with Crippen molar-refractivity contribution in [2.24, 2.45) is 0 Å². The van der Waals surface area contributed by atoms with E-state index in [1.807, 2.05) is 30.3 Å². The quantitative estimate of drug-likeness (QED) is 0.681. The van der Waals surface area contributed by atoms with E-state index in [-0.39, 0.29) is 12.5 Å². The number of fused-ring (bicyclic) bond motifs is 1. The molecule has 0 bridgehead atoms. The van der Waals surface area contributed by atoms with Crippen LogP contribution in [0.3, 0.4) is 0 Å². The Bertz CT molecular complexity index is 752. The third kappa shape index (κ3) is 4.94. The van der Waals surface area contributed by atoms with E-state index in [9.17, 15) is 14.8 Å². The van der Waals surface area contributed by atoms with Crippen molar-refractivity contribution in [2.45, 2.75) is 32.3 Å². The van der Waals surface area contributed by atoms with Gasteiger partial charge in [-0.2, -0.15) is 0 Å². The van der Waals surface area contributed by atoms with E-state index in [0.717, 1.165) is 25.1 Å². The smallest absolute Gasteiger partial charge is 0.426 e. The molecule has 1 atom stereocenters. The number of nitrogens with zero attached hydrogens (tertiary/aromatic N) is 1. The fourth-order valence-electron chi connectivity index (χ4n) is 3.43. The van der Waals surface area contributed by atoms with Gasteiger partial charge in [-0.25, -0.2) is 0 Å². The van der Waals surface area contributed by atoms with Crippen LogP contribution in [0.15, 0.2) is 48.5 Å². The van der Waals surface area contributed by atoms with E-state index >= 15 is 0 Å². The maximum absolute atomic E-state index is 12.4. The van der Waals surface area contributed by atoms with Gasteiger partial charge in [0.15, 0.2) is 0 Å². The zero-order chi connectivity index (χ0) is 18.5. The van der Waals surface area contributed by atoms with Crippen molar-refractivity contribution < 1.29 is 14.8 Å². The zero-order valence-corrected chi connectivity index (χ0v) is 15.1. The first-order chi connectivity index (χ1) is 12.5. The monoisotopic (exact) mass is 352 g/mol. The molecule has 0 saturated heterocycles. The summed E-state index contributed by atoms with van der Waals surface area (Å²) >= 11 is 0. The molecule has 0 radical (unpaired) electrons. The first-order valence-corrected chi connectivity index (χ1v) is 9.01. The molecule has 0 fully saturated rings. The van der Waals surface area contributed by atoms with E-state index in [1.165, 1.54) is 16.7 Å². The van der Waals surface area contributed by atoms with Gasteiger partial charge in [0.2, 0.25) is 5.91 Å². The van der Waals surface area contributed by atoms with E-state index in [0.29, 0.717) is 6.42 Å². The van der Waals surface area contributed by atoms with Crippen LogP contribution in [0.1, 0.15) is 22.3 Å². The number of benzene rings is 2. The lowest BCUT2D eigenvalue weighted by molar-refractivity contribution is -0.122. The number of hydrogen-bond acceptors (Lipinski definition) is 4. The molecule has 1 aliphatic rings. The predicted octanol–water partition coefficient (Wildman–Crippen LogP) is 1.09. The maximum atomic E-state index is 12.4. The lowest BCUT2D eigenvalue weighted by atomic mass is 9.76. The second-order valence-electron chi connectivity index (χ2n) is 7.01. The third-order valence-electron chi connectivity index (χ3n) is 4.83. The van der Waals surface area contributed by atoms with Gasteiger partial charge in [-0.1, -0.05) is 54.1 Å². The molecule has 6 heteroatoms. The standard InChI is InChI=1S/C20H25BN2O3/c1-15-7-8-17-9-10-23(13-18(17)11-15)14-20(24)22-19(21(25)26)12-16-5-3-2-4-6-16/h2-8,11,19,25-26H,9-10,12-14H2,1H3,(H,22,24)/t19-/m0/s1. The molecule has 2 aromatic rings. The lowest BCUT2D eigenvalue weighted by Gasteiger charge is -2.29. The van der Waals surface area contributed by atoms with Gasteiger partial charge in [-0.05, 0) is 36.5 Å². The van der Waals surface area contributed by atoms with Crippen LogP contribution in [-0.4, -0.2) is 47.0 Å². The predicted molar refractivity (Wildman–Crippen MR) is 102 cm³/mol. The molecule has 26 heavy (non-hydrogen) atoms. The highest BCUT2D eigenvalue weighted by Gasteiger charge is 2.27. The minimum atomic E-state index is -1.59. The van der Waals surface area contributed by atoms with Crippen LogP contribution in [0.5, 0.6) is 0 Å². The van der Waals surface area contributed by atoms with Gasteiger partial charge >= 0.3 is 7.12 Å². The van der Waals surface area contributed by atoms with Crippen molar-refractivity contribution in [3.63, 3.8) is 0 Å². The summed E-state index contributed by atoms with van der Waals surface area (Å²) in [5.41, 5.74) is 4.79. The van der Waals surface area contributed by atoms with Crippen molar-refractivity contribution >= 4 is 13.0 Å². The Morgan fingerprint density at radius 3 is 2.69 bits per heavy atom. The molecular weight excluding hydrogens is 327 g/mol. The van der Waals surface area contributed by atoms with Gasteiger partial charge in [-0.15, -0.1) is 0 Å². The number of amides is 1. The number of carbonyl (C=O) groups is 1. The number of nitrogens with one attached hydrogen (secondary N) is 1. The Kier molecular flexibility index (Phi) is 6.09. The molecule has 136 valence electrons. The highest BCUT2D eigenvalue weighted by molar-refractivity contribution is 6.43. The highest BCUT2D eigenvalue weighted by Crippen LogP contribution is 2.20. The van der Waals surface area contributed by atoms with Crippen LogP contribution in [0.25, 0.3) is 0 Å². The fraction of sp³-hybridized carbons (Fsp3) is 0.350. The van der Waals surface area contributed by atoms with Crippen LogP contribution in [0.4, 0.5) is 0 Å². The minimum Gasteiger partial charge on any atom is -0.426 e. The van der Waals surface area contributed by atoms with Gasteiger partial charge in [-0.3, -0.25) is 9.69 Å². The molecular formula is C20H25BN2O3. The molecule has 1 amide bonds. The summed E-state index contributed by atoms with van der Waals surface area (Å²) in [5.74, 6) is -0.903. The number of hydrogen-bond donors (Lipinski definition) is 3. The third-order valence-corrected chi connectivity index (χ3v) is 4.83. The molecule has 1 heterocycles. The number of rotatable bonds is 6. The highest BCUT2D eigenvalue weighted by atomic mass is 16.4. The Balaban J connectivity index is 1.57. The fourth-order valence-corrected chi connectivity index (χ4v) is 3.43. The van der Waals surface area contributed by atoms with Crippen LogP contribution in [-0.2, 0) is 24.2 Å². The summed E-state index contributed by atoms with van der Waals surface area (Å²) in [6, 6.07) is 16.0. The Morgan fingerprint density at radius 1 is 1.19 bits per heavy atom. The molecule has 0 saturated carbocycles. The molecule has 0 aromatic heterocycles. The van der Waals surface area contributed by atoms with Crippen LogP contribution in [0, 0.1) is 6.92 Å². The summed E-state index contributed by atoms with van der Waals surface area (Å²) in [7, 11) is -1.59. The van der Waals surface area contributed by atoms with Crippen molar-refractivity contribution in [1.82, 2.24) is 10.2 Å². The van der Waals surface area contributed by atoms with E-state index in [2.05, 4.69) is 35.3 Å².